The lowest BCUT2D eigenvalue weighted by Crippen LogP contribution is -2.33. The number of imidazole rings is 1. The fourth-order valence-electron chi connectivity index (χ4n) is 2.35. The number of likely N-dealkylation sites (tertiary alicyclic amines) is 1. The van der Waals surface area contributed by atoms with E-state index in [4.69, 9.17) is 11.6 Å². The number of hydrogen-bond acceptors (Lipinski definition) is 2. The maximum atomic E-state index is 6.10. The SMILES string of the molecule is ClC1CCN(Cc2cn3ccccc3n2)CC1. The zero-order valence-electron chi connectivity index (χ0n) is 9.72. The zero-order valence-corrected chi connectivity index (χ0v) is 10.5. The maximum Gasteiger partial charge on any atom is 0.137 e. The lowest BCUT2D eigenvalue weighted by molar-refractivity contribution is 0.221. The predicted octanol–water partition coefficient (Wildman–Crippen LogP) is 2.54. The van der Waals surface area contributed by atoms with Crippen LogP contribution in [0, 0.1) is 0 Å². The second-order valence-corrected chi connectivity index (χ2v) is 5.27. The first-order valence-electron chi connectivity index (χ1n) is 6.10. The van der Waals surface area contributed by atoms with Crippen LogP contribution in [0.15, 0.2) is 30.6 Å². The third-order valence-electron chi connectivity index (χ3n) is 3.32. The van der Waals surface area contributed by atoms with Gasteiger partial charge < -0.3 is 4.40 Å². The molecule has 0 atom stereocenters. The van der Waals surface area contributed by atoms with Crippen molar-refractivity contribution in [2.75, 3.05) is 13.1 Å². The average Bonchev–Trinajstić information content (AvgIpc) is 2.74. The minimum Gasteiger partial charge on any atom is -0.307 e. The van der Waals surface area contributed by atoms with Crippen LogP contribution in [-0.4, -0.2) is 32.8 Å². The van der Waals surface area contributed by atoms with Crippen molar-refractivity contribution < 1.29 is 0 Å². The normalized spacial score (nSPS) is 18.9. The molecule has 3 nitrogen and oxygen atoms in total. The Morgan fingerprint density at radius 1 is 1.29 bits per heavy atom. The Hall–Kier alpha value is -1.06. The number of piperidine rings is 1. The molecule has 0 unspecified atom stereocenters. The van der Waals surface area contributed by atoms with Gasteiger partial charge in [-0.2, -0.15) is 0 Å². The van der Waals surface area contributed by atoms with E-state index in [1.165, 1.54) is 0 Å². The van der Waals surface area contributed by atoms with Crippen LogP contribution in [0.25, 0.3) is 5.65 Å². The number of nitrogens with zero attached hydrogens (tertiary/aromatic N) is 3. The molecule has 0 amide bonds. The van der Waals surface area contributed by atoms with Crippen molar-refractivity contribution in [1.82, 2.24) is 14.3 Å². The molecule has 2 aromatic heterocycles. The molecule has 3 rings (SSSR count). The lowest BCUT2D eigenvalue weighted by Gasteiger charge is -2.28. The Labute approximate surface area is 106 Å². The summed E-state index contributed by atoms with van der Waals surface area (Å²) in [6.45, 7) is 3.11. The van der Waals surface area contributed by atoms with Crippen LogP contribution in [0.5, 0.6) is 0 Å². The third kappa shape index (κ3) is 2.45. The highest BCUT2D eigenvalue weighted by atomic mass is 35.5. The van der Waals surface area contributed by atoms with Crippen molar-refractivity contribution in [3.63, 3.8) is 0 Å². The molecule has 1 aliphatic rings. The molecule has 0 bridgehead atoms. The number of rotatable bonds is 2. The summed E-state index contributed by atoms with van der Waals surface area (Å²) in [5.74, 6) is 0. The Morgan fingerprint density at radius 3 is 2.88 bits per heavy atom. The summed E-state index contributed by atoms with van der Waals surface area (Å²) >= 11 is 6.10. The van der Waals surface area contributed by atoms with E-state index in [-0.39, 0.29) is 0 Å². The standard InChI is InChI=1S/C13H16ClN3/c14-11-4-7-16(8-5-11)9-12-10-17-6-2-1-3-13(17)15-12/h1-3,6,10-11H,4-5,7-9H2. The highest BCUT2D eigenvalue weighted by molar-refractivity contribution is 6.20. The molecule has 0 spiro atoms. The molecule has 0 aliphatic carbocycles. The van der Waals surface area contributed by atoms with Crippen molar-refractivity contribution in [2.24, 2.45) is 0 Å². The molecule has 1 aliphatic heterocycles. The number of pyridine rings is 1. The van der Waals surface area contributed by atoms with Crippen LogP contribution < -0.4 is 0 Å². The summed E-state index contributed by atoms with van der Waals surface area (Å²) in [6.07, 6.45) is 6.34. The fraction of sp³-hybridized carbons (Fsp3) is 0.462. The summed E-state index contributed by atoms with van der Waals surface area (Å²) in [7, 11) is 0. The smallest absolute Gasteiger partial charge is 0.137 e. The van der Waals surface area contributed by atoms with E-state index >= 15 is 0 Å². The van der Waals surface area contributed by atoms with E-state index in [0.717, 1.165) is 43.8 Å². The van der Waals surface area contributed by atoms with Gasteiger partial charge in [-0.1, -0.05) is 6.07 Å². The summed E-state index contributed by atoms with van der Waals surface area (Å²) in [6, 6.07) is 6.08. The van der Waals surface area contributed by atoms with Gasteiger partial charge in [-0.3, -0.25) is 4.90 Å². The number of aromatic nitrogens is 2. The van der Waals surface area contributed by atoms with Crippen molar-refractivity contribution in [1.29, 1.82) is 0 Å². The quantitative estimate of drug-likeness (QED) is 0.763. The van der Waals surface area contributed by atoms with Crippen LogP contribution in [0.2, 0.25) is 0 Å². The van der Waals surface area contributed by atoms with Gasteiger partial charge in [0.25, 0.3) is 0 Å². The highest BCUT2D eigenvalue weighted by Gasteiger charge is 2.17. The minimum atomic E-state index is 0.368. The van der Waals surface area contributed by atoms with E-state index in [2.05, 4.69) is 20.5 Å². The zero-order chi connectivity index (χ0) is 11.7. The second kappa shape index (κ2) is 4.67. The van der Waals surface area contributed by atoms with Crippen molar-refractivity contribution in [3.05, 3.63) is 36.3 Å². The Morgan fingerprint density at radius 2 is 2.12 bits per heavy atom. The number of fused-ring (bicyclic) bond motifs is 1. The number of alkyl halides is 1. The Kier molecular flexibility index (Phi) is 3.04. The molecule has 90 valence electrons. The van der Waals surface area contributed by atoms with E-state index in [9.17, 15) is 0 Å². The van der Waals surface area contributed by atoms with E-state index in [0.29, 0.717) is 5.38 Å². The van der Waals surface area contributed by atoms with Gasteiger partial charge in [-0.25, -0.2) is 4.98 Å². The number of hydrogen-bond donors (Lipinski definition) is 0. The Balaban J connectivity index is 1.72. The Bertz CT molecular complexity index is 467. The van der Waals surface area contributed by atoms with Gasteiger partial charge in [0.05, 0.1) is 5.69 Å². The van der Waals surface area contributed by atoms with Gasteiger partial charge >= 0.3 is 0 Å². The van der Waals surface area contributed by atoms with Crippen molar-refractivity contribution in [3.8, 4) is 0 Å². The molecule has 2 aromatic rings. The summed E-state index contributed by atoms with van der Waals surface area (Å²) in [4.78, 5) is 7.05. The predicted molar refractivity (Wildman–Crippen MR) is 69.3 cm³/mol. The molecule has 0 N–H and O–H groups in total. The topological polar surface area (TPSA) is 20.5 Å². The van der Waals surface area contributed by atoms with E-state index in [1.54, 1.807) is 0 Å². The van der Waals surface area contributed by atoms with Gasteiger partial charge in [0.15, 0.2) is 0 Å². The monoisotopic (exact) mass is 249 g/mol. The van der Waals surface area contributed by atoms with Crippen molar-refractivity contribution >= 4 is 17.2 Å². The molecule has 1 fully saturated rings. The largest absolute Gasteiger partial charge is 0.307 e. The van der Waals surface area contributed by atoms with Crippen LogP contribution in [0.4, 0.5) is 0 Å². The molecular weight excluding hydrogens is 234 g/mol. The fourth-order valence-corrected chi connectivity index (χ4v) is 2.55. The second-order valence-electron chi connectivity index (χ2n) is 4.65. The molecular formula is C13H16ClN3. The van der Waals surface area contributed by atoms with E-state index in [1.807, 2.05) is 24.4 Å². The van der Waals surface area contributed by atoms with Crippen molar-refractivity contribution in [2.45, 2.75) is 24.8 Å². The average molecular weight is 250 g/mol. The summed E-state index contributed by atoms with van der Waals surface area (Å²) < 4.78 is 2.07. The molecule has 1 saturated heterocycles. The molecule has 17 heavy (non-hydrogen) atoms. The third-order valence-corrected chi connectivity index (χ3v) is 3.75. The maximum absolute atomic E-state index is 6.10. The summed E-state index contributed by atoms with van der Waals surface area (Å²) in [5.41, 5.74) is 2.17. The molecule has 0 radical (unpaired) electrons. The molecule has 4 heteroatoms. The van der Waals surface area contributed by atoms with Crippen LogP contribution >= 0.6 is 11.6 Å². The van der Waals surface area contributed by atoms with Gasteiger partial charge in [0.1, 0.15) is 5.65 Å². The van der Waals surface area contributed by atoms with Crippen LogP contribution in [-0.2, 0) is 6.54 Å². The molecule has 0 aromatic carbocycles. The van der Waals surface area contributed by atoms with E-state index < -0.39 is 0 Å². The van der Waals surface area contributed by atoms with Gasteiger partial charge in [-0.05, 0) is 38.1 Å². The number of halogens is 1. The van der Waals surface area contributed by atoms with Gasteiger partial charge in [0, 0.05) is 24.3 Å². The summed E-state index contributed by atoms with van der Waals surface area (Å²) in [5, 5.41) is 0.368. The van der Waals surface area contributed by atoms with Crippen LogP contribution in [0.1, 0.15) is 18.5 Å². The first-order valence-corrected chi connectivity index (χ1v) is 6.54. The minimum absolute atomic E-state index is 0.368. The first-order chi connectivity index (χ1) is 8.31. The van der Waals surface area contributed by atoms with Gasteiger partial charge in [0.2, 0.25) is 0 Å². The molecule has 3 heterocycles. The van der Waals surface area contributed by atoms with Gasteiger partial charge in [-0.15, -0.1) is 11.6 Å². The lowest BCUT2D eigenvalue weighted by atomic mass is 10.1. The van der Waals surface area contributed by atoms with Crippen LogP contribution in [0.3, 0.4) is 0 Å². The highest BCUT2D eigenvalue weighted by Crippen LogP contribution is 2.17. The molecule has 0 saturated carbocycles. The first kappa shape index (κ1) is 11.1.